The molecule has 0 bridgehead atoms. The van der Waals surface area contributed by atoms with Gasteiger partial charge in [0.25, 0.3) is 5.91 Å². The first-order valence-corrected chi connectivity index (χ1v) is 9.89. The zero-order valence-corrected chi connectivity index (χ0v) is 17.3. The van der Waals surface area contributed by atoms with Crippen LogP contribution in [-0.2, 0) is 7.05 Å². The predicted molar refractivity (Wildman–Crippen MR) is 111 cm³/mol. The van der Waals surface area contributed by atoms with E-state index >= 15 is 0 Å². The van der Waals surface area contributed by atoms with Crippen LogP contribution in [0.1, 0.15) is 39.9 Å². The van der Waals surface area contributed by atoms with Gasteiger partial charge in [-0.3, -0.25) is 9.48 Å². The van der Waals surface area contributed by atoms with Gasteiger partial charge in [0.1, 0.15) is 0 Å². The molecule has 8 nitrogen and oxygen atoms in total. The lowest BCUT2D eigenvalue weighted by Crippen LogP contribution is -2.50. The van der Waals surface area contributed by atoms with Crippen LogP contribution in [0.4, 0.5) is 0 Å². The van der Waals surface area contributed by atoms with Gasteiger partial charge in [0, 0.05) is 43.2 Å². The molecule has 1 saturated heterocycles. The Hall–Kier alpha value is -3.00. The van der Waals surface area contributed by atoms with Gasteiger partial charge in [0.15, 0.2) is 0 Å². The topological polar surface area (TPSA) is 91.7 Å². The van der Waals surface area contributed by atoms with Crippen molar-refractivity contribution in [3.05, 3.63) is 53.5 Å². The van der Waals surface area contributed by atoms with E-state index in [0.29, 0.717) is 0 Å². The Morgan fingerprint density at radius 1 is 1.28 bits per heavy atom. The average molecular weight is 393 g/mol. The summed E-state index contributed by atoms with van der Waals surface area (Å²) in [4.78, 5) is 27.3. The molecule has 0 aromatic carbocycles. The number of rotatable bonds is 4. The number of piperidine rings is 1. The van der Waals surface area contributed by atoms with E-state index < -0.39 is 0 Å². The molecule has 0 saturated carbocycles. The highest BCUT2D eigenvalue weighted by Gasteiger charge is 2.31. The van der Waals surface area contributed by atoms with Crippen molar-refractivity contribution in [3.8, 4) is 11.3 Å². The Labute approximate surface area is 170 Å². The number of hydrogen-bond donors (Lipinski definition) is 2. The molecule has 2 atom stereocenters. The van der Waals surface area contributed by atoms with E-state index in [2.05, 4.69) is 43.4 Å². The number of carbonyl (C=O) groups excluding carboxylic acids is 1. The van der Waals surface area contributed by atoms with Gasteiger partial charge >= 0.3 is 0 Å². The standard InChI is InChI=1S/C21H27N7O/c1-13-10-24-28(4)19(13)16-11-23-20(25-14(16)2)21(29)26-18-12-27(3)9-7-15(18)17-6-5-8-22-17/h5-6,8,10-11,15,18,22H,7,9,12H2,1-4H3,(H,26,29)/t15-,18+/m1/s1. The predicted octanol–water partition coefficient (Wildman–Crippen LogP) is 2.04. The van der Waals surface area contributed by atoms with Gasteiger partial charge in [-0.1, -0.05) is 0 Å². The molecule has 1 amide bonds. The van der Waals surface area contributed by atoms with E-state index in [-0.39, 0.29) is 23.7 Å². The Morgan fingerprint density at radius 3 is 2.76 bits per heavy atom. The molecule has 0 unspecified atom stereocenters. The maximum atomic E-state index is 12.9. The number of aryl methyl sites for hydroxylation is 3. The minimum atomic E-state index is -0.238. The average Bonchev–Trinajstić information content (AvgIpc) is 3.32. The normalized spacial score (nSPS) is 20.0. The van der Waals surface area contributed by atoms with Gasteiger partial charge in [-0.25, -0.2) is 9.97 Å². The summed E-state index contributed by atoms with van der Waals surface area (Å²) in [6, 6.07) is 4.08. The minimum absolute atomic E-state index is 0.00259. The lowest BCUT2D eigenvalue weighted by molar-refractivity contribution is 0.0888. The van der Waals surface area contributed by atoms with Crippen molar-refractivity contribution in [1.82, 2.24) is 34.9 Å². The van der Waals surface area contributed by atoms with E-state index in [1.165, 1.54) is 0 Å². The van der Waals surface area contributed by atoms with Gasteiger partial charge in [-0.05, 0) is 51.6 Å². The molecule has 1 aliphatic heterocycles. The first kappa shape index (κ1) is 19.3. The first-order valence-electron chi connectivity index (χ1n) is 9.89. The van der Waals surface area contributed by atoms with Crippen LogP contribution < -0.4 is 5.32 Å². The molecule has 4 heterocycles. The molecule has 4 rings (SSSR count). The highest BCUT2D eigenvalue weighted by Crippen LogP contribution is 2.27. The molecule has 29 heavy (non-hydrogen) atoms. The molecule has 0 spiro atoms. The van der Waals surface area contributed by atoms with Crippen molar-refractivity contribution in [2.75, 3.05) is 20.1 Å². The van der Waals surface area contributed by atoms with Crippen molar-refractivity contribution in [3.63, 3.8) is 0 Å². The Kier molecular flexibility index (Phi) is 5.19. The monoisotopic (exact) mass is 393 g/mol. The zero-order chi connectivity index (χ0) is 20.5. The number of aromatic nitrogens is 5. The molecule has 0 radical (unpaired) electrons. The minimum Gasteiger partial charge on any atom is -0.365 e. The highest BCUT2D eigenvalue weighted by molar-refractivity contribution is 5.91. The maximum absolute atomic E-state index is 12.9. The molecule has 1 aliphatic rings. The van der Waals surface area contributed by atoms with Crippen molar-refractivity contribution < 1.29 is 4.79 Å². The van der Waals surface area contributed by atoms with E-state index in [1.54, 1.807) is 10.9 Å². The van der Waals surface area contributed by atoms with E-state index in [9.17, 15) is 4.79 Å². The molecule has 3 aromatic rings. The largest absolute Gasteiger partial charge is 0.365 e. The molecular formula is C21H27N7O. The van der Waals surface area contributed by atoms with Crippen LogP contribution in [0.15, 0.2) is 30.7 Å². The quantitative estimate of drug-likeness (QED) is 0.708. The summed E-state index contributed by atoms with van der Waals surface area (Å²) >= 11 is 0. The summed E-state index contributed by atoms with van der Waals surface area (Å²) in [6.45, 7) is 5.70. The Balaban J connectivity index is 1.55. The SMILES string of the molecule is Cc1cnn(C)c1-c1cnc(C(=O)N[C@H]2CN(C)CC[C@@H]2c2ccc[nH]2)nc1C. The number of likely N-dealkylation sites (tertiary alicyclic amines) is 1. The van der Waals surface area contributed by atoms with Crippen molar-refractivity contribution in [1.29, 1.82) is 0 Å². The third kappa shape index (κ3) is 3.80. The highest BCUT2D eigenvalue weighted by atomic mass is 16.2. The molecule has 152 valence electrons. The number of amides is 1. The van der Waals surface area contributed by atoms with Crippen LogP contribution in [0.3, 0.4) is 0 Å². The van der Waals surface area contributed by atoms with Gasteiger partial charge in [0.05, 0.1) is 23.6 Å². The fourth-order valence-corrected chi connectivity index (χ4v) is 4.18. The number of carbonyl (C=O) groups is 1. The molecular weight excluding hydrogens is 366 g/mol. The lowest BCUT2D eigenvalue weighted by atomic mass is 9.89. The fourth-order valence-electron chi connectivity index (χ4n) is 4.18. The summed E-state index contributed by atoms with van der Waals surface area (Å²) < 4.78 is 1.81. The van der Waals surface area contributed by atoms with Crippen LogP contribution in [0.2, 0.25) is 0 Å². The second-order valence-electron chi connectivity index (χ2n) is 7.86. The first-order chi connectivity index (χ1) is 13.9. The third-order valence-corrected chi connectivity index (χ3v) is 5.71. The van der Waals surface area contributed by atoms with Gasteiger partial charge in [-0.2, -0.15) is 5.10 Å². The summed E-state index contributed by atoms with van der Waals surface area (Å²) in [5.41, 5.74) is 4.83. The number of H-pyrrole nitrogens is 1. The van der Waals surface area contributed by atoms with Crippen LogP contribution in [0.5, 0.6) is 0 Å². The molecule has 0 aliphatic carbocycles. The van der Waals surface area contributed by atoms with E-state index in [0.717, 1.165) is 47.7 Å². The van der Waals surface area contributed by atoms with Crippen LogP contribution in [-0.4, -0.2) is 61.7 Å². The zero-order valence-electron chi connectivity index (χ0n) is 17.3. The van der Waals surface area contributed by atoms with Gasteiger partial charge < -0.3 is 15.2 Å². The summed E-state index contributed by atoms with van der Waals surface area (Å²) in [7, 11) is 3.97. The number of likely N-dealkylation sites (N-methyl/N-ethyl adjacent to an activating group) is 1. The lowest BCUT2D eigenvalue weighted by Gasteiger charge is -2.36. The number of nitrogens with one attached hydrogen (secondary N) is 2. The van der Waals surface area contributed by atoms with E-state index in [1.807, 2.05) is 39.4 Å². The molecule has 8 heteroatoms. The molecule has 1 fully saturated rings. The maximum Gasteiger partial charge on any atom is 0.289 e. The second kappa shape index (κ2) is 7.79. The van der Waals surface area contributed by atoms with Crippen LogP contribution in [0, 0.1) is 13.8 Å². The van der Waals surface area contributed by atoms with Crippen molar-refractivity contribution in [2.45, 2.75) is 32.2 Å². The Morgan fingerprint density at radius 2 is 2.10 bits per heavy atom. The summed E-state index contributed by atoms with van der Waals surface area (Å²) in [6.07, 6.45) is 6.45. The third-order valence-electron chi connectivity index (χ3n) is 5.71. The number of aromatic amines is 1. The summed E-state index contributed by atoms with van der Waals surface area (Å²) in [5.74, 6) is 0.213. The van der Waals surface area contributed by atoms with Gasteiger partial charge in [-0.15, -0.1) is 0 Å². The van der Waals surface area contributed by atoms with E-state index in [4.69, 9.17) is 0 Å². The van der Waals surface area contributed by atoms with Crippen LogP contribution >= 0.6 is 0 Å². The Bertz CT molecular complexity index is 989. The molecule has 2 N–H and O–H groups in total. The number of nitrogens with zero attached hydrogens (tertiary/aromatic N) is 5. The molecule has 3 aromatic heterocycles. The second-order valence-corrected chi connectivity index (χ2v) is 7.86. The summed E-state index contributed by atoms with van der Waals surface area (Å²) in [5, 5.41) is 7.45. The smallest absolute Gasteiger partial charge is 0.289 e. The van der Waals surface area contributed by atoms with Gasteiger partial charge in [0.2, 0.25) is 5.82 Å². The fraction of sp³-hybridized carbons (Fsp3) is 0.429. The van der Waals surface area contributed by atoms with Crippen LogP contribution in [0.25, 0.3) is 11.3 Å². The van der Waals surface area contributed by atoms with Crippen molar-refractivity contribution >= 4 is 5.91 Å². The van der Waals surface area contributed by atoms with Crippen molar-refractivity contribution in [2.24, 2.45) is 7.05 Å². The number of hydrogen-bond acceptors (Lipinski definition) is 5.